The summed E-state index contributed by atoms with van der Waals surface area (Å²) in [6.07, 6.45) is -5.70. The van der Waals surface area contributed by atoms with Gasteiger partial charge in [-0.1, -0.05) is 0 Å². The van der Waals surface area contributed by atoms with Crippen LogP contribution in [0.4, 0.5) is 13.2 Å². The van der Waals surface area contributed by atoms with Crippen LogP contribution in [0.3, 0.4) is 0 Å². The highest BCUT2D eigenvalue weighted by atomic mass is 19.4. The third-order valence-corrected chi connectivity index (χ3v) is 2.65. The lowest BCUT2D eigenvalue weighted by atomic mass is 10.2. The number of carbonyl (C=O) groups is 2. The maximum Gasteiger partial charge on any atom is 0.446 e. The van der Waals surface area contributed by atoms with Gasteiger partial charge in [0.2, 0.25) is 12.0 Å². The molecule has 2 heterocycles. The molecule has 2 rings (SSSR count). The molecule has 9 nitrogen and oxygen atoms in total. The first-order valence-electron chi connectivity index (χ1n) is 5.96. The molecule has 0 aliphatic carbocycles. The molecule has 0 radical (unpaired) electrons. The summed E-state index contributed by atoms with van der Waals surface area (Å²) in [5.74, 6) is -0.223. The first-order chi connectivity index (χ1) is 9.76. The number of nitrogens with two attached hydrogens (primary N) is 1. The van der Waals surface area contributed by atoms with E-state index in [1.807, 2.05) is 0 Å². The van der Waals surface area contributed by atoms with Crippen molar-refractivity contribution in [2.45, 2.75) is 13.1 Å². The fourth-order valence-corrected chi connectivity index (χ4v) is 1.59. The molecule has 0 atom stereocenters. The first-order valence-corrected chi connectivity index (χ1v) is 5.96. The van der Waals surface area contributed by atoms with Crippen molar-refractivity contribution in [3.63, 3.8) is 0 Å². The third-order valence-electron chi connectivity index (χ3n) is 2.65. The topological polar surface area (TPSA) is 137 Å². The van der Waals surface area contributed by atoms with E-state index in [9.17, 15) is 23.2 Å². The van der Waals surface area contributed by atoms with Crippen LogP contribution in [0, 0.1) is 12.1 Å². The van der Waals surface area contributed by atoms with Crippen molar-refractivity contribution in [2.24, 2.45) is 0 Å². The summed E-state index contributed by atoms with van der Waals surface area (Å²) in [4.78, 5) is 22.5. The zero-order valence-electron chi connectivity index (χ0n) is 11.5. The summed E-state index contributed by atoms with van der Waals surface area (Å²) >= 11 is 0. The molecule has 12 heteroatoms. The van der Waals surface area contributed by atoms with Gasteiger partial charge in [-0.05, 0) is 4.90 Å². The predicted molar refractivity (Wildman–Crippen MR) is 61.8 cm³/mol. The molecule has 0 saturated carbocycles. The molecule has 1 aromatic heterocycles. The van der Waals surface area contributed by atoms with Crippen molar-refractivity contribution in [3.8, 4) is 0 Å². The zero-order chi connectivity index (χ0) is 16.0. The van der Waals surface area contributed by atoms with Crippen molar-refractivity contribution >= 4 is 12.2 Å². The van der Waals surface area contributed by atoms with E-state index in [0.29, 0.717) is 13.1 Å². The van der Waals surface area contributed by atoms with E-state index in [1.54, 1.807) is 4.90 Å². The van der Waals surface area contributed by atoms with Crippen LogP contribution >= 0.6 is 0 Å². The quantitative estimate of drug-likeness (QED) is 0.477. The minimum atomic E-state index is -4.64. The standard InChI is InChI=1S/C8H12N4O3.C2HF3O.H2O/c1-6-7(10-15-12(6)14)8(13)11-4-2-9-3-5-11;3-2(4,5)1-6;/h9H,2-5H2,1H3;1H;1H2. The van der Waals surface area contributed by atoms with Crippen LogP contribution in [-0.2, 0) is 4.79 Å². The number of quaternary nitrogens is 1. The predicted octanol–water partition coefficient (Wildman–Crippen LogP) is -1.79. The number of hydrogen-bond donors (Lipinski definition) is 1. The van der Waals surface area contributed by atoms with E-state index in [0.717, 1.165) is 13.1 Å². The Hall–Kier alpha value is -2.21. The van der Waals surface area contributed by atoms with Crippen LogP contribution in [0.1, 0.15) is 16.2 Å². The molecule has 0 aromatic carbocycles. The number of halogens is 3. The van der Waals surface area contributed by atoms with Gasteiger partial charge in [-0.15, -0.1) is 0 Å². The van der Waals surface area contributed by atoms with Crippen molar-refractivity contribution < 1.29 is 43.1 Å². The highest BCUT2D eigenvalue weighted by molar-refractivity contribution is 5.92. The van der Waals surface area contributed by atoms with Gasteiger partial charge in [0.15, 0.2) is 0 Å². The molecule has 126 valence electrons. The molecule has 1 saturated heterocycles. The molecule has 0 bridgehead atoms. The number of hydrogen-bond acceptors (Lipinski definition) is 6. The highest BCUT2D eigenvalue weighted by Crippen LogP contribution is 2.08. The van der Waals surface area contributed by atoms with Crippen molar-refractivity contribution in [2.75, 3.05) is 26.2 Å². The Morgan fingerprint density at radius 1 is 1.45 bits per heavy atom. The maximum atomic E-state index is 11.9. The fourth-order valence-electron chi connectivity index (χ4n) is 1.59. The number of nitrogens with zero attached hydrogens (tertiary/aromatic N) is 3. The number of aldehydes is 1. The van der Waals surface area contributed by atoms with E-state index in [1.165, 1.54) is 6.92 Å². The second kappa shape index (κ2) is 8.29. The Balaban J connectivity index is 0.000000546. The van der Waals surface area contributed by atoms with Crippen LogP contribution in [0.25, 0.3) is 0 Å². The normalized spacial score (nSPS) is 14.5. The molecule has 1 aromatic rings. The molecule has 3 N–H and O–H groups in total. The molecule has 22 heavy (non-hydrogen) atoms. The zero-order valence-corrected chi connectivity index (χ0v) is 11.5. The Morgan fingerprint density at radius 2 is 1.95 bits per heavy atom. The third kappa shape index (κ3) is 5.65. The average molecular weight is 328 g/mol. The molecule has 1 aliphatic rings. The number of carbonyl (C=O) groups excluding carboxylic acids is 2. The number of amides is 1. The minimum absolute atomic E-state index is 0. The summed E-state index contributed by atoms with van der Waals surface area (Å²) < 4.78 is 35.6. The lowest BCUT2D eigenvalue weighted by Gasteiger charge is -2.23. The molecular weight excluding hydrogens is 313 g/mol. The first kappa shape index (κ1) is 19.8. The second-order valence-electron chi connectivity index (χ2n) is 4.18. The Morgan fingerprint density at radius 3 is 2.32 bits per heavy atom. The molecular formula is C10H15F3N4O5. The lowest BCUT2D eigenvalue weighted by molar-refractivity contribution is -0.806. The Kier molecular flexibility index (Phi) is 7.45. The smallest absolute Gasteiger partial charge is 0.446 e. The Bertz CT molecular complexity index is 499. The van der Waals surface area contributed by atoms with Gasteiger partial charge in [-0.2, -0.15) is 13.2 Å². The van der Waals surface area contributed by atoms with Gasteiger partial charge in [0.1, 0.15) is 0 Å². The number of aromatic nitrogens is 2. The van der Waals surface area contributed by atoms with E-state index >= 15 is 0 Å². The largest absolute Gasteiger partial charge is 0.870 e. The monoisotopic (exact) mass is 328 g/mol. The van der Waals surface area contributed by atoms with Crippen molar-refractivity contribution in [3.05, 3.63) is 16.6 Å². The summed E-state index contributed by atoms with van der Waals surface area (Å²) in [5.41, 5.74) is 0.335. The van der Waals surface area contributed by atoms with Gasteiger partial charge in [0.25, 0.3) is 0 Å². The van der Waals surface area contributed by atoms with Crippen molar-refractivity contribution in [1.29, 1.82) is 0 Å². The van der Waals surface area contributed by atoms with E-state index in [4.69, 9.17) is 4.79 Å². The van der Waals surface area contributed by atoms with Crippen LogP contribution < -0.4 is 10.2 Å². The number of rotatable bonds is 1. The van der Waals surface area contributed by atoms with Crippen LogP contribution in [0.5, 0.6) is 0 Å². The highest BCUT2D eigenvalue weighted by Gasteiger charge is 2.29. The lowest BCUT2D eigenvalue weighted by Crippen LogP contribution is -2.89. The summed E-state index contributed by atoms with van der Waals surface area (Å²) in [6.45, 7) is 4.67. The van der Waals surface area contributed by atoms with Gasteiger partial charge in [0, 0.05) is 6.92 Å². The van der Waals surface area contributed by atoms with Gasteiger partial charge in [-0.25, -0.2) is 0 Å². The Labute approximate surface area is 122 Å². The number of piperazine rings is 1. The molecule has 1 aliphatic heterocycles. The van der Waals surface area contributed by atoms with Gasteiger partial charge in [0.05, 0.1) is 31.3 Å². The number of alkyl halides is 3. The maximum absolute atomic E-state index is 11.9. The molecule has 0 spiro atoms. The van der Waals surface area contributed by atoms with E-state index in [-0.39, 0.29) is 27.7 Å². The summed E-state index contributed by atoms with van der Waals surface area (Å²) in [5, 5.41) is 16.5. The SMILES string of the molecule is Cc1c(C(=O)N2CC[NH2+]CC2)no[n+]1[O-].O=CC(F)(F)F.[OH-]. The summed E-state index contributed by atoms with van der Waals surface area (Å²) in [7, 11) is 0. The van der Waals surface area contributed by atoms with Crippen LogP contribution in [-0.4, -0.2) is 60.1 Å². The molecule has 1 amide bonds. The van der Waals surface area contributed by atoms with Gasteiger partial charge >= 0.3 is 17.8 Å². The van der Waals surface area contributed by atoms with Gasteiger partial charge < -0.3 is 20.9 Å². The second-order valence-corrected chi connectivity index (χ2v) is 4.18. The molecule has 0 unspecified atom stereocenters. The molecule has 1 fully saturated rings. The van der Waals surface area contributed by atoms with Crippen molar-refractivity contribution in [1.82, 2.24) is 10.1 Å². The van der Waals surface area contributed by atoms with Gasteiger partial charge in [-0.3, -0.25) is 14.2 Å². The average Bonchev–Trinajstić information content (AvgIpc) is 2.79. The summed E-state index contributed by atoms with van der Waals surface area (Å²) in [6, 6.07) is 0. The van der Waals surface area contributed by atoms with Crippen LogP contribution in [0.15, 0.2) is 4.63 Å². The van der Waals surface area contributed by atoms with E-state index in [2.05, 4.69) is 15.1 Å². The fraction of sp³-hybridized carbons (Fsp3) is 0.600. The van der Waals surface area contributed by atoms with E-state index < -0.39 is 12.5 Å². The van der Waals surface area contributed by atoms with Crippen LogP contribution in [0.2, 0.25) is 0 Å². The minimum Gasteiger partial charge on any atom is -0.870 e.